The van der Waals surface area contributed by atoms with Gasteiger partial charge in [-0.05, 0) is 94.9 Å². The van der Waals surface area contributed by atoms with E-state index in [1.807, 2.05) is 0 Å². The number of hydrogen-bond donors (Lipinski definition) is 2. The van der Waals surface area contributed by atoms with Gasteiger partial charge in [0.15, 0.2) is 0 Å². The van der Waals surface area contributed by atoms with Crippen molar-refractivity contribution in [3.63, 3.8) is 0 Å². The third-order valence-corrected chi connectivity index (χ3v) is 6.98. The number of nitrogens with one attached hydrogen (secondary N) is 2. The topological polar surface area (TPSA) is 94.5 Å². The number of carbonyl (C=O) groups is 2. The second-order valence-electron chi connectivity index (χ2n) is 10.6. The van der Waals surface area contributed by atoms with Gasteiger partial charge in [0.1, 0.15) is 11.4 Å². The zero-order chi connectivity index (χ0) is 26.4. The first-order valence-electron chi connectivity index (χ1n) is 13.0. The highest BCUT2D eigenvalue weighted by Gasteiger charge is 2.27. The molecule has 2 aromatic carbocycles. The van der Waals surface area contributed by atoms with Crippen molar-refractivity contribution in [3.8, 4) is 22.9 Å². The van der Waals surface area contributed by atoms with Crippen LogP contribution in [0.5, 0.6) is 5.75 Å². The van der Waals surface area contributed by atoms with Crippen LogP contribution in [0.1, 0.15) is 55.5 Å². The van der Waals surface area contributed by atoms with Gasteiger partial charge in [0.25, 0.3) is 5.91 Å². The second-order valence-corrected chi connectivity index (χ2v) is 10.6. The number of nitrogens with zero attached hydrogens (tertiary/aromatic N) is 2. The van der Waals surface area contributed by atoms with E-state index in [0.29, 0.717) is 53.5 Å². The van der Waals surface area contributed by atoms with Crippen molar-refractivity contribution in [2.45, 2.75) is 51.2 Å². The summed E-state index contributed by atoms with van der Waals surface area (Å²) < 4.78 is 20.0. The van der Waals surface area contributed by atoms with E-state index < -0.39 is 11.6 Å². The maximum atomic E-state index is 13.9. The summed E-state index contributed by atoms with van der Waals surface area (Å²) in [5.41, 5.74) is 0.720. The van der Waals surface area contributed by atoms with Gasteiger partial charge in [-0.1, -0.05) is 18.2 Å². The molecule has 2 N–H and O–H groups in total. The largest absolute Gasteiger partial charge is 0.493 e. The zero-order valence-electron chi connectivity index (χ0n) is 21.6. The van der Waals surface area contributed by atoms with Gasteiger partial charge in [0.05, 0.1) is 24.3 Å². The summed E-state index contributed by atoms with van der Waals surface area (Å²) in [5.74, 6) is 0.152. The molecule has 0 aliphatic carbocycles. The number of carbonyl (C=O) groups excluding carboxylic acids is 2. The Labute approximate surface area is 218 Å². The van der Waals surface area contributed by atoms with Crippen molar-refractivity contribution in [1.82, 2.24) is 15.5 Å². The fourth-order valence-electron chi connectivity index (χ4n) is 5.09. The average molecular weight is 507 g/mol. The first-order chi connectivity index (χ1) is 17.7. The molecule has 2 aromatic rings. The van der Waals surface area contributed by atoms with Crippen molar-refractivity contribution in [1.29, 1.82) is 5.26 Å². The smallest absolute Gasteiger partial charge is 0.258 e. The van der Waals surface area contributed by atoms with Crippen LogP contribution in [0.3, 0.4) is 0 Å². The highest BCUT2D eigenvalue weighted by atomic mass is 19.1. The lowest BCUT2D eigenvalue weighted by molar-refractivity contribution is -0.121. The molecule has 0 bridgehead atoms. The summed E-state index contributed by atoms with van der Waals surface area (Å²) >= 11 is 0. The molecule has 2 amide bonds. The molecule has 2 heterocycles. The molecule has 1 atom stereocenters. The molecular formula is C29H35FN4O3. The monoisotopic (exact) mass is 506 g/mol. The van der Waals surface area contributed by atoms with Crippen LogP contribution in [0.2, 0.25) is 0 Å². The number of ether oxygens (including phenoxy) is 1. The van der Waals surface area contributed by atoms with Crippen LogP contribution in [0.25, 0.3) is 11.1 Å². The quantitative estimate of drug-likeness (QED) is 0.524. The lowest BCUT2D eigenvalue weighted by Crippen LogP contribution is -2.43. The number of amides is 2. The van der Waals surface area contributed by atoms with Gasteiger partial charge in [-0.25, -0.2) is 4.39 Å². The number of hydrogen-bond acceptors (Lipinski definition) is 6. The Kier molecular flexibility index (Phi) is 8.57. The van der Waals surface area contributed by atoms with E-state index in [4.69, 9.17) is 4.74 Å². The molecule has 0 spiro atoms. The molecular weight excluding hydrogens is 471 g/mol. The number of imide groups is 1. The van der Waals surface area contributed by atoms with Gasteiger partial charge >= 0.3 is 0 Å². The molecule has 2 saturated heterocycles. The molecule has 4 rings (SSSR count). The minimum atomic E-state index is -1.19. The van der Waals surface area contributed by atoms with Crippen LogP contribution in [0.4, 0.5) is 4.39 Å². The predicted octanol–water partition coefficient (Wildman–Crippen LogP) is 4.07. The summed E-state index contributed by atoms with van der Waals surface area (Å²) in [5, 5.41) is 15.4. The zero-order valence-corrected chi connectivity index (χ0v) is 21.6. The fourth-order valence-corrected chi connectivity index (χ4v) is 5.09. The Balaban J connectivity index is 1.41. The van der Waals surface area contributed by atoms with Crippen LogP contribution < -0.4 is 15.4 Å². The summed E-state index contributed by atoms with van der Waals surface area (Å²) in [4.78, 5) is 27.6. The highest BCUT2D eigenvalue weighted by Crippen LogP contribution is 2.30. The predicted molar refractivity (Wildman–Crippen MR) is 140 cm³/mol. The molecule has 2 aliphatic rings. The Morgan fingerprint density at radius 1 is 1.16 bits per heavy atom. The highest BCUT2D eigenvalue weighted by molar-refractivity contribution is 6.09. The van der Waals surface area contributed by atoms with Crippen molar-refractivity contribution >= 4 is 11.8 Å². The number of rotatable bonds is 8. The molecule has 2 fully saturated rings. The molecule has 7 nitrogen and oxygen atoms in total. The van der Waals surface area contributed by atoms with Gasteiger partial charge in [0, 0.05) is 17.7 Å². The molecule has 0 aromatic heterocycles. The van der Waals surface area contributed by atoms with E-state index in [9.17, 15) is 19.2 Å². The Morgan fingerprint density at radius 2 is 1.92 bits per heavy atom. The van der Waals surface area contributed by atoms with E-state index in [1.54, 1.807) is 56.3 Å². The summed E-state index contributed by atoms with van der Waals surface area (Å²) in [6, 6.07) is 14.1. The summed E-state index contributed by atoms with van der Waals surface area (Å²) in [6.45, 7) is 6.66. The molecule has 0 radical (unpaired) electrons. The van der Waals surface area contributed by atoms with E-state index in [1.165, 1.54) is 0 Å². The standard InChI is InChI=1S/C29H35FN4O3/c1-29(2,30)19-34-14-11-20(12-15-34)18-37-22-9-10-23(21(16-22)17-31)24-6-3-4-7-25(24)27(35)33-28(36)26-8-5-13-32-26/h3-4,6-7,9-10,16,20,26,32H,5,8,11-15,18-19H2,1-2H3,(H,33,35,36)/t26-/m0/s1. The minimum absolute atomic E-state index is 0.333. The van der Waals surface area contributed by atoms with E-state index >= 15 is 0 Å². The van der Waals surface area contributed by atoms with Crippen LogP contribution in [-0.4, -0.2) is 61.2 Å². The van der Waals surface area contributed by atoms with Gasteiger partial charge in [-0.3, -0.25) is 14.9 Å². The minimum Gasteiger partial charge on any atom is -0.493 e. The fraction of sp³-hybridized carbons (Fsp3) is 0.483. The molecule has 8 heteroatoms. The van der Waals surface area contributed by atoms with Gasteiger partial charge in [-0.15, -0.1) is 0 Å². The molecule has 2 aliphatic heterocycles. The van der Waals surface area contributed by atoms with E-state index in [2.05, 4.69) is 21.6 Å². The lowest BCUT2D eigenvalue weighted by atomic mass is 9.95. The number of halogens is 1. The lowest BCUT2D eigenvalue weighted by Gasteiger charge is -2.34. The number of piperidine rings is 1. The Morgan fingerprint density at radius 3 is 2.59 bits per heavy atom. The van der Waals surface area contributed by atoms with Crippen molar-refractivity contribution in [2.24, 2.45) is 5.92 Å². The van der Waals surface area contributed by atoms with Crippen LogP contribution in [0, 0.1) is 17.2 Å². The Bertz CT molecular complexity index is 1160. The number of likely N-dealkylation sites (tertiary alicyclic amines) is 1. The Hall–Kier alpha value is -3.28. The SMILES string of the molecule is CC(C)(F)CN1CCC(COc2ccc(-c3ccccc3C(=O)NC(=O)[C@@H]3CCCN3)c(C#N)c2)CC1. The summed E-state index contributed by atoms with van der Waals surface area (Å²) in [6.07, 6.45) is 3.49. The molecule has 37 heavy (non-hydrogen) atoms. The average Bonchev–Trinajstić information content (AvgIpc) is 3.42. The first kappa shape index (κ1) is 26.8. The van der Waals surface area contributed by atoms with Gasteiger partial charge < -0.3 is 15.0 Å². The summed E-state index contributed by atoms with van der Waals surface area (Å²) in [7, 11) is 0. The maximum absolute atomic E-state index is 13.9. The van der Waals surface area contributed by atoms with Crippen molar-refractivity contribution < 1.29 is 18.7 Å². The number of nitriles is 1. The maximum Gasteiger partial charge on any atom is 0.258 e. The third kappa shape index (κ3) is 7.15. The second kappa shape index (κ2) is 11.8. The first-order valence-corrected chi connectivity index (χ1v) is 13.0. The van der Waals surface area contributed by atoms with Crippen molar-refractivity contribution in [2.75, 3.05) is 32.8 Å². The van der Waals surface area contributed by atoms with E-state index in [-0.39, 0.29) is 11.9 Å². The van der Waals surface area contributed by atoms with Crippen LogP contribution in [-0.2, 0) is 4.79 Å². The molecule has 196 valence electrons. The van der Waals surface area contributed by atoms with Crippen LogP contribution >= 0.6 is 0 Å². The number of benzene rings is 2. The normalized spacial score (nSPS) is 18.8. The van der Waals surface area contributed by atoms with Gasteiger partial charge in [-0.2, -0.15) is 5.26 Å². The third-order valence-electron chi connectivity index (χ3n) is 6.98. The van der Waals surface area contributed by atoms with Crippen LogP contribution in [0.15, 0.2) is 42.5 Å². The molecule has 0 saturated carbocycles. The van der Waals surface area contributed by atoms with E-state index in [0.717, 1.165) is 38.9 Å². The van der Waals surface area contributed by atoms with Gasteiger partial charge in [0.2, 0.25) is 5.91 Å². The number of alkyl halides is 1. The molecule has 0 unspecified atom stereocenters. The van der Waals surface area contributed by atoms with Crippen molar-refractivity contribution in [3.05, 3.63) is 53.6 Å².